The molecule has 1 unspecified atom stereocenters. The summed E-state index contributed by atoms with van der Waals surface area (Å²) in [6.07, 6.45) is 7.03. The lowest BCUT2D eigenvalue weighted by molar-refractivity contribution is 0.734. The standard InChI is InChI=1S/C24H28N2/c1-5-17(4)19-8-10-20(11-9-19)23-14-18(6-2)15-26-24(23)21-12-13-22(7-3)25-16-21/h8-17H,5-7H2,1-4H3. The maximum absolute atomic E-state index is 4.79. The molecule has 134 valence electrons. The van der Waals surface area contributed by atoms with Crippen LogP contribution in [0.1, 0.15) is 56.9 Å². The maximum atomic E-state index is 4.79. The second-order valence-electron chi connectivity index (χ2n) is 6.92. The van der Waals surface area contributed by atoms with Crippen LogP contribution in [0.4, 0.5) is 0 Å². The fraction of sp³-hybridized carbons (Fsp3) is 0.333. The molecule has 0 spiro atoms. The van der Waals surface area contributed by atoms with E-state index in [1.807, 2.05) is 12.4 Å². The highest BCUT2D eigenvalue weighted by Crippen LogP contribution is 2.32. The summed E-state index contributed by atoms with van der Waals surface area (Å²) in [5.74, 6) is 0.592. The second kappa shape index (κ2) is 8.27. The molecule has 2 heterocycles. The summed E-state index contributed by atoms with van der Waals surface area (Å²) in [6.45, 7) is 8.81. The normalized spacial score (nSPS) is 12.2. The van der Waals surface area contributed by atoms with Crippen molar-refractivity contribution in [2.45, 2.75) is 52.9 Å². The third-order valence-electron chi connectivity index (χ3n) is 5.22. The quantitative estimate of drug-likeness (QED) is 0.513. The topological polar surface area (TPSA) is 25.8 Å². The molecule has 0 bridgehead atoms. The van der Waals surface area contributed by atoms with Gasteiger partial charge in [0, 0.05) is 29.2 Å². The monoisotopic (exact) mass is 344 g/mol. The van der Waals surface area contributed by atoms with E-state index >= 15 is 0 Å². The molecule has 0 aliphatic rings. The van der Waals surface area contributed by atoms with Crippen LogP contribution in [0.25, 0.3) is 22.4 Å². The average Bonchev–Trinajstić information content (AvgIpc) is 2.73. The molecule has 3 rings (SSSR count). The van der Waals surface area contributed by atoms with Crippen LogP contribution in [0.3, 0.4) is 0 Å². The van der Waals surface area contributed by atoms with Gasteiger partial charge in [-0.1, -0.05) is 52.0 Å². The van der Waals surface area contributed by atoms with E-state index in [0.29, 0.717) is 5.92 Å². The lowest BCUT2D eigenvalue weighted by Gasteiger charge is -2.13. The van der Waals surface area contributed by atoms with Crippen LogP contribution >= 0.6 is 0 Å². The molecule has 26 heavy (non-hydrogen) atoms. The van der Waals surface area contributed by atoms with E-state index < -0.39 is 0 Å². The SMILES string of the molecule is CCc1cnc(-c2ccc(CC)nc2)c(-c2ccc(C(C)CC)cc2)c1. The van der Waals surface area contributed by atoms with Crippen LogP contribution in [-0.4, -0.2) is 9.97 Å². The zero-order valence-electron chi connectivity index (χ0n) is 16.3. The van der Waals surface area contributed by atoms with Crippen LogP contribution in [0, 0.1) is 0 Å². The van der Waals surface area contributed by atoms with Gasteiger partial charge in [-0.05, 0) is 60.1 Å². The third-order valence-corrected chi connectivity index (χ3v) is 5.22. The highest BCUT2D eigenvalue weighted by Gasteiger charge is 2.12. The zero-order chi connectivity index (χ0) is 18.5. The number of hydrogen-bond acceptors (Lipinski definition) is 2. The molecule has 0 amide bonds. The van der Waals surface area contributed by atoms with E-state index in [1.165, 1.54) is 22.3 Å². The molecule has 1 aromatic carbocycles. The van der Waals surface area contributed by atoms with Gasteiger partial charge in [-0.15, -0.1) is 0 Å². The molecular weight excluding hydrogens is 316 g/mol. The molecule has 0 saturated heterocycles. The highest BCUT2D eigenvalue weighted by molar-refractivity contribution is 5.80. The first-order valence-electron chi connectivity index (χ1n) is 9.70. The van der Waals surface area contributed by atoms with Gasteiger partial charge in [-0.25, -0.2) is 0 Å². The summed E-state index contributed by atoms with van der Waals surface area (Å²) in [5.41, 5.74) is 8.25. The van der Waals surface area contributed by atoms with Crippen molar-refractivity contribution < 1.29 is 0 Å². The fourth-order valence-corrected chi connectivity index (χ4v) is 3.15. The Labute approximate surface area is 157 Å². The molecule has 1 atom stereocenters. The van der Waals surface area contributed by atoms with Crippen molar-refractivity contribution in [2.75, 3.05) is 0 Å². The number of aromatic nitrogens is 2. The number of rotatable bonds is 6. The Morgan fingerprint density at radius 1 is 0.808 bits per heavy atom. The third kappa shape index (κ3) is 3.85. The Bertz CT molecular complexity index is 848. The Morgan fingerprint density at radius 2 is 1.54 bits per heavy atom. The predicted molar refractivity (Wildman–Crippen MR) is 110 cm³/mol. The van der Waals surface area contributed by atoms with Crippen LogP contribution in [0.5, 0.6) is 0 Å². The summed E-state index contributed by atoms with van der Waals surface area (Å²) in [7, 11) is 0. The molecule has 0 fully saturated rings. The minimum atomic E-state index is 0.592. The predicted octanol–water partition coefficient (Wildman–Crippen LogP) is 6.45. The summed E-state index contributed by atoms with van der Waals surface area (Å²) in [4.78, 5) is 9.34. The summed E-state index contributed by atoms with van der Waals surface area (Å²) < 4.78 is 0. The van der Waals surface area contributed by atoms with Gasteiger partial charge in [0.25, 0.3) is 0 Å². The van der Waals surface area contributed by atoms with Gasteiger partial charge in [-0.2, -0.15) is 0 Å². The van der Waals surface area contributed by atoms with Crippen molar-refractivity contribution in [3.8, 4) is 22.4 Å². The van der Waals surface area contributed by atoms with Crippen molar-refractivity contribution in [3.05, 3.63) is 71.7 Å². The van der Waals surface area contributed by atoms with E-state index in [0.717, 1.165) is 36.2 Å². The van der Waals surface area contributed by atoms with E-state index in [2.05, 4.69) is 75.1 Å². The average molecular weight is 345 g/mol. The Kier molecular flexibility index (Phi) is 5.82. The number of aryl methyl sites for hydroxylation is 2. The van der Waals surface area contributed by atoms with Crippen molar-refractivity contribution >= 4 is 0 Å². The largest absolute Gasteiger partial charge is 0.261 e. The van der Waals surface area contributed by atoms with E-state index in [4.69, 9.17) is 4.98 Å². The second-order valence-corrected chi connectivity index (χ2v) is 6.92. The number of pyridine rings is 2. The summed E-state index contributed by atoms with van der Waals surface area (Å²) in [6, 6.07) is 15.5. The lowest BCUT2D eigenvalue weighted by Crippen LogP contribution is -1.95. The molecule has 0 radical (unpaired) electrons. The molecule has 2 aromatic heterocycles. The van der Waals surface area contributed by atoms with Crippen LogP contribution in [-0.2, 0) is 12.8 Å². The van der Waals surface area contributed by atoms with E-state index in [9.17, 15) is 0 Å². The van der Waals surface area contributed by atoms with Crippen LogP contribution in [0.2, 0.25) is 0 Å². The molecule has 0 saturated carbocycles. The maximum Gasteiger partial charge on any atom is 0.0795 e. The number of nitrogens with zero attached hydrogens (tertiary/aromatic N) is 2. The molecule has 3 aromatic rings. The van der Waals surface area contributed by atoms with E-state index in [-0.39, 0.29) is 0 Å². The van der Waals surface area contributed by atoms with Gasteiger partial charge in [0.1, 0.15) is 0 Å². The molecule has 2 heteroatoms. The molecule has 0 aliphatic heterocycles. The molecule has 0 aliphatic carbocycles. The Balaban J connectivity index is 2.06. The number of hydrogen-bond donors (Lipinski definition) is 0. The van der Waals surface area contributed by atoms with Gasteiger partial charge < -0.3 is 0 Å². The first-order chi connectivity index (χ1) is 12.7. The summed E-state index contributed by atoms with van der Waals surface area (Å²) in [5, 5.41) is 0. The zero-order valence-corrected chi connectivity index (χ0v) is 16.3. The smallest absolute Gasteiger partial charge is 0.0795 e. The number of benzene rings is 1. The minimum absolute atomic E-state index is 0.592. The molecule has 0 N–H and O–H groups in total. The van der Waals surface area contributed by atoms with Gasteiger partial charge in [0.15, 0.2) is 0 Å². The van der Waals surface area contributed by atoms with Gasteiger partial charge >= 0.3 is 0 Å². The lowest BCUT2D eigenvalue weighted by atomic mass is 9.93. The first-order valence-corrected chi connectivity index (χ1v) is 9.70. The fourth-order valence-electron chi connectivity index (χ4n) is 3.15. The summed E-state index contributed by atoms with van der Waals surface area (Å²) >= 11 is 0. The first kappa shape index (κ1) is 18.3. The van der Waals surface area contributed by atoms with Crippen LogP contribution in [0.15, 0.2) is 54.9 Å². The van der Waals surface area contributed by atoms with Crippen molar-refractivity contribution in [2.24, 2.45) is 0 Å². The Hall–Kier alpha value is -2.48. The molecule has 2 nitrogen and oxygen atoms in total. The van der Waals surface area contributed by atoms with Crippen molar-refractivity contribution in [1.29, 1.82) is 0 Å². The van der Waals surface area contributed by atoms with E-state index in [1.54, 1.807) is 0 Å². The molecular formula is C24H28N2. The van der Waals surface area contributed by atoms with Crippen molar-refractivity contribution in [3.63, 3.8) is 0 Å². The van der Waals surface area contributed by atoms with Gasteiger partial charge in [0.05, 0.1) is 5.69 Å². The van der Waals surface area contributed by atoms with Gasteiger partial charge in [-0.3, -0.25) is 9.97 Å². The van der Waals surface area contributed by atoms with Crippen LogP contribution < -0.4 is 0 Å². The van der Waals surface area contributed by atoms with Crippen molar-refractivity contribution in [1.82, 2.24) is 9.97 Å². The van der Waals surface area contributed by atoms with Gasteiger partial charge in [0.2, 0.25) is 0 Å². The Morgan fingerprint density at radius 3 is 2.12 bits per heavy atom. The minimum Gasteiger partial charge on any atom is -0.261 e. The highest BCUT2D eigenvalue weighted by atomic mass is 14.7.